The van der Waals surface area contributed by atoms with Gasteiger partial charge in [-0.2, -0.15) is 0 Å². The first-order valence-electron chi connectivity index (χ1n) is 7.73. The van der Waals surface area contributed by atoms with E-state index in [0.29, 0.717) is 32.1 Å². The van der Waals surface area contributed by atoms with E-state index in [1.54, 1.807) is 48.5 Å². The average Bonchev–Trinajstić information content (AvgIpc) is 2.62. The zero-order valence-corrected chi connectivity index (χ0v) is 15.7. The molecule has 3 aromatic rings. The van der Waals surface area contributed by atoms with Crippen LogP contribution >= 0.6 is 34.8 Å². The molecule has 0 saturated heterocycles. The molecule has 3 rings (SSSR count). The number of carbonyl (C=O) groups is 1. The van der Waals surface area contributed by atoms with E-state index >= 15 is 0 Å². The van der Waals surface area contributed by atoms with Crippen molar-refractivity contribution in [3.8, 4) is 11.5 Å². The van der Waals surface area contributed by atoms with Gasteiger partial charge in [0.1, 0.15) is 11.5 Å². The summed E-state index contributed by atoms with van der Waals surface area (Å²) in [4.78, 5) is 12.4. The molecule has 0 aliphatic rings. The molecule has 0 fully saturated rings. The van der Waals surface area contributed by atoms with Crippen LogP contribution < -0.4 is 4.74 Å². The molecule has 26 heavy (non-hydrogen) atoms. The Hall–Kier alpha value is -2.26. The highest BCUT2D eigenvalue weighted by molar-refractivity contribution is 6.37. The summed E-state index contributed by atoms with van der Waals surface area (Å²) in [6, 6.07) is 19.3. The SMILES string of the molecule is O=C(/C=C/c1ccccc1Oc1ccc(Cl)cc1)c1ccc(Cl)cc1Cl. The molecule has 0 aliphatic heterocycles. The van der Waals surface area contributed by atoms with Crippen LogP contribution in [0.2, 0.25) is 15.1 Å². The third-order valence-corrected chi connectivity index (χ3v) is 4.37. The monoisotopic (exact) mass is 402 g/mol. The van der Waals surface area contributed by atoms with Crippen LogP contribution in [0, 0.1) is 0 Å². The Labute approximate surface area is 166 Å². The van der Waals surface area contributed by atoms with Crippen molar-refractivity contribution in [1.29, 1.82) is 0 Å². The zero-order valence-electron chi connectivity index (χ0n) is 13.5. The van der Waals surface area contributed by atoms with Crippen LogP contribution in [0.3, 0.4) is 0 Å². The third kappa shape index (κ3) is 4.67. The van der Waals surface area contributed by atoms with Crippen molar-refractivity contribution in [2.24, 2.45) is 0 Å². The minimum absolute atomic E-state index is 0.215. The Kier molecular flexibility index (Phi) is 6.00. The maximum atomic E-state index is 12.4. The quantitative estimate of drug-likeness (QED) is 0.329. The van der Waals surface area contributed by atoms with Gasteiger partial charge in [0.25, 0.3) is 0 Å². The standard InChI is InChI=1S/C21H13Cl3O2/c22-15-6-9-17(10-7-15)26-21-4-2-1-3-14(21)5-12-20(25)18-11-8-16(23)13-19(18)24/h1-13H/b12-5+. The zero-order chi connectivity index (χ0) is 18.5. The molecule has 3 aromatic carbocycles. The van der Waals surface area contributed by atoms with E-state index in [9.17, 15) is 4.79 Å². The Morgan fingerprint density at radius 3 is 2.27 bits per heavy atom. The van der Waals surface area contributed by atoms with Gasteiger partial charge in [-0.25, -0.2) is 0 Å². The topological polar surface area (TPSA) is 26.3 Å². The van der Waals surface area contributed by atoms with Gasteiger partial charge in [0, 0.05) is 21.2 Å². The first-order chi connectivity index (χ1) is 12.5. The maximum absolute atomic E-state index is 12.4. The molecule has 0 atom stereocenters. The minimum atomic E-state index is -0.215. The molecule has 0 unspecified atom stereocenters. The normalized spacial score (nSPS) is 10.9. The summed E-state index contributed by atoms with van der Waals surface area (Å²) in [6.07, 6.45) is 3.15. The molecule has 0 aromatic heterocycles. The molecule has 5 heteroatoms. The lowest BCUT2D eigenvalue weighted by molar-refractivity contribution is 0.104. The van der Waals surface area contributed by atoms with E-state index in [-0.39, 0.29) is 5.78 Å². The molecular weight excluding hydrogens is 391 g/mol. The molecule has 0 saturated carbocycles. The number of hydrogen-bond donors (Lipinski definition) is 0. The third-order valence-electron chi connectivity index (χ3n) is 3.57. The second kappa shape index (κ2) is 8.41. The van der Waals surface area contributed by atoms with E-state index in [2.05, 4.69) is 0 Å². The lowest BCUT2D eigenvalue weighted by Gasteiger charge is -2.08. The summed E-state index contributed by atoms with van der Waals surface area (Å²) in [5, 5.41) is 1.44. The molecule has 2 nitrogen and oxygen atoms in total. The Morgan fingerprint density at radius 1 is 0.846 bits per heavy atom. The number of halogens is 3. The second-order valence-electron chi connectivity index (χ2n) is 5.42. The fourth-order valence-electron chi connectivity index (χ4n) is 2.29. The fourth-order valence-corrected chi connectivity index (χ4v) is 2.91. The summed E-state index contributed by atoms with van der Waals surface area (Å²) in [5.41, 5.74) is 1.16. The maximum Gasteiger partial charge on any atom is 0.187 e. The van der Waals surface area contributed by atoms with Crippen LogP contribution in [0.4, 0.5) is 0 Å². The van der Waals surface area contributed by atoms with Gasteiger partial charge in [0.05, 0.1) is 5.02 Å². The molecule has 0 aliphatic carbocycles. The first-order valence-corrected chi connectivity index (χ1v) is 8.86. The van der Waals surface area contributed by atoms with Crippen molar-refractivity contribution in [3.05, 3.63) is 99.0 Å². The molecule has 0 heterocycles. The highest BCUT2D eigenvalue weighted by Gasteiger charge is 2.08. The predicted octanol–water partition coefficient (Wildman–Crippen LogP) is 7.34. The van der Waals surface area contributed by atoms with Gasteiger partial charge in [-0.3, -0.25) is 4.79 Å². The average molecular weight is 404 g/mol. The summed E-state index contributed by atoms with van der Waals surface area (Å²) in [7, 11) is 0. The largest absolute Gasteiger partial charge is 0.457 e. The van der Waals surface area contributed by atoms with Gasteiger partial charge >= 0.3 is 0 Å². The Bertz CT molecular complexity index is 963. The van der Waals surface area contributed by atoms with Crippen LogP contribution in [0.1, 0.15) is 15.9 Å². The van der Waals surface area contributed by atoms with Crippen molar-refractivity contribution in [2.75, 3.05) is 0 Å². The number of ketones is 1. The van der Waals surface area contributed by atoms with E-state index in [1.165, 1.54) is 6.08 Å². The Morgan fingerprint density at radius 2 is 1.54 bits per heavy atom. The van der Waals surface area contributed by atoms with E-state index in [4.69, 9.17) is 39.5 Å². The summed E-state index contributed by atoms with van der Waals surface area (Å²) >= 11 is 17.8. The number of ether oxygens (including phenoxy) is 1. The number of rotatable bonds is 5. The fraction of sp³-hybridized carbons (Fsp3) is 0. The summed E-state index contributed by atoms with van der Waals surface area (Å²) in [6.45, 7) is 0. The lowest BCUT2D eigenvalue weighted by atomic mass is 10.1. The minimum Gasteiger partial charge on any atom is -0.457 e. The second-order valence-corrected chi connectivity index (χ2v) is 6.70. The molecular formula is C21H13Cl3O2. The van der Waals surface area contributed by atoms with Gasteiger partial charge in [-0.1, -0.05) is 53.0 Å². The number of carbonyl (C=O) groups excluding carboxylic acids is 1. The predicted molar refractivity (Wildman–Crippen MR) is 108 cm³/mol. The van der Waals surface area contributed by atoms with E-state index in [1.807, 2.05) is 24.3 Å². The first kappa shape index (κ1) is 18.5. The van der Waals surface area contributed by atoms with Crippen molar-refractivity contribution >= 4 is 46.7 Å². The van der Waals surface area contributed by atoms with Crippen LogP contribution in [0.5, 0.6) is 11.5 Å². The van der Waals surface area contributed by atoms with Gasteiger partial charge in [0.2, 0.25) is 0 Å². The Balaban J connectivity index is 1.82. The molecule has 0 bridgehead atoms. The highest BCUT2D eigenvalue weighted by atomic mass is 35.5. The summed E-state index contributed by atoms with van der Waals surface area (Å²) < 4.78 is 5.88. The number of allylic oxidation sites excluding steroid dienone is 1. The van der Waals surface area contributed by atoms with Gasteiger partial charge in [-0.05, 0) is 60.7 Å². The molecule has 130 valence electrons. The smallest absolute Gasteiger partial charge is 0.187 e. The number of benzene rings is 3. The van der Waals surface area contributed by atoms with Gasteiger partial charge in [0.15, 0.2) is 5.78 Å². The lowest BCUT2D eigenvalue weighted by Crippen LogP contribution is -1.95. The van der Waals surface area contributed by atoms with Crippen LogP contribution in [-0.4, -0.2) is 5.78 Å². The molecule has 0 amide bonds. The van der Waals surface area contributed by atoms with Crippen molar-refractivity contribution < 1.29 is 9.53 Å². The van der Waals surface area contributed by atoms with Crippen molar-refractivity contribution in [2.45, 2.75) is 0 Å². The molecule has 0 spiro atoms. The van der Waals surface area contributed by atoms with Crippen LogP contribution in [0.15, 0.2) is 72.8 Å². The van der Waals surface area contributed by atoms with Gasteiger partial charge in [-0.15, -0.1) is 0 Å². The van der Waals surface area contributed by atoms with Crippen molar-refractivity contribution in [3.63, 3.8) is 0 Å². The van der Waals surface area contributed by atoms with E-state index in [0.717, 1.165) is 5.56 Å². The van der Waals surface area contributed by atoms with Crippen molar-refractivity contribution in [1.82, 2.24) is 0 Å². The van der Waals surface area contributed by atoms with Crippen LogP contribution in [0.25, 0.3) is 6.08 Å². The molecule has 0 N–H and O–H groups in total. The number of hydrogen-bond acceptors (Lipinski definition) is 2. The molecule has 0 radical (unpaired) electrons. The number of para-hydroxylation sites is 1. The highest BCUT2D eigenvalue weighted by Crippen LogP contribution is 2.28. The van der Waals surface area contributed by atoms with E-state index < -0.39 is 0 Å². The summed E-state index contributed by atoms with van der Waals surface area (Å²) in [5.74, 6) is 1.07. The van der Waals surface area contributed by atoms with Gasteiger partial charge < -0.3 is 4.74 Å². The van der Waals surface area contributed by atoms with Crippen LogP contribution in [-0.2, 0) is 0 Å².